The molecule has 0 aliphatic rings. The Balaban J connectivity index is 0.00000108. The van der Waals surface area contributed by atoms with Gasteiger partial charge in [-0.2, -0.15) is 0 Å². The minimum atomic E-state index is -0.821. The van der Waals surface area contributed by atoms with Crippen molar-refractivity contribution in [3.8, 4) is 5.75 Å². The van der Waals surface area contributed by atoms with Crippen molar-refractivity contribution in [3.05, 3.63) is 63.7 Å². The van der Waals surface area contributed by atoms with Crippen molar-refractivity contribution in [2.45, 2.75) is 34.3 Å². The number of methoxy groups -OCH3 is 1. The Hall–Kier alpha value is -2.93. The van der Waals surface area contributed by atoms with E-state index in [4.69, 9.17) is 13.9 Å². The van der Waals surface area contributed by atoms with E-state index in [1.54, 1.807) is 26.2 Å². The summed E-state index contributed by atoms with van der Waals surface area (Å²) in [4.78, 5) is 34.9. The van der Waals surface area contributed by atoms with Crippen LogP contribution in [0.5, 0.6) is 5.75 Å². The molecule has 0 spiro atoms. The molecule has 28 heavy (non-hydrogen) atoms. The van der Waals surface area contributed by atoms with Gasteiger partial charge in [0.05, 0.1) is 6.61 Å². The number of hydrogen-bond donors (Lipinski definition) is 0. The smallest absolute Gasteiger partial charge is 0.345 e. The third kappa shape index (κ3) is 8.18. The van der Waals surface area contributed by atoms with E-state index in [1.165, 1.54) is 0 Å². The third-order valence-corrected chi connectivity index (χ3v) is 3.10. The van der Waals surface area contributed by atoms with E-state index in [1.807, 2.05) is 39.0 Å². The van der Waals surface area contributed by atoms with Crippen molar-refractivity contribution in [2.75, 3.05) is 20.3 Å². The molecule has 0 aliphatic carbocycles. The second-order valence-electron chi connectivity index (χ2n) is 4.86. The summed E-state index contributed by atoms with van der Waals surface area (Å²) in [7, 11) is 1.68. The minimum absolute atomic E-state index is 0.0682. The van der Waals surface area contributed by atoms with Gasteiger partial charge in [-0.05, 0) is 19.4 Å². The number of ether oxygens (including phenoxy) is 3. The van der Waals surface area contributed by atoms with Gasteiger partial charge in [0.25, 0.3) is 0 Å². The van der Waals surface area contributed by atoms with Gasteiger partial charge in [-0.15, -0.1) is 0 Å². The molecule has 0 N–H and O–H groups in total. The van der Waals surface area contributed by atoms with Crippen molar-refractivity contribution in [2.24, 2.45) is 0 Å². The average Bonchev–Trinajstić information content (AvgIpc) is 2.75. The number of aldehydes is 1. The number of carbonyl (C=O) groups excluding carboxylic acids is 2. The fraction of sp³-hybridized carbons (Fsp3) is 0.381. The number of hydrogen-bond acceptors (Lipinski definition) is 7. The van der Waals surface area contributed by atoms with Crippen LogP contribution in [0.2, 0.25) is 0 Å². The number of benzene rings is 1. The average molecular weight is 392 g/mol. The molecule has 154 valence electrons. The molecule has 0 saturated carbocycles. The molecule has 7 nitrogen and oxygen atoms in total. The molecule has 0 aliphatic heterocycles. The minimum Gasteiger partial charge on any atom is -0.481 e. The van der Waals surface area contributed by atoms with Crippen molar-refractivity contribution >= 4 is 12.3 Å². The number of carbonyl (C=O) groups is 2. The largest absolute Gasteiger partial charge is 0.481 e. The Kier molecular flexibility index (Phi) is 13.6. The maximum atomic E-state index is 12.2. The predicted molar refractivity (Wildman–Crippen MR) is 106 cm³/mol. The molecule has 0 bridgehead atoms. The summed E-state index contributed by atoms with van der Waals surface area (Å²) >= 11 is 0. The molecule has 0 amide bonds. The topological polar surface area (TPSA) is 92.0 Å². The Morgan fingerprint density at radius 2 is 1.71 bits per heavy atom. The standard InChI is InChI=1S/C16H14O6.C3H8O.C2H6/c1-2-20-16(19)12-10-21-13(8-17)15(14(12)18)22-9-11-6-4-3-5-7-11;1-3-4-2;1-2/h3-8,10H,2,9H2,1H3;3H2,1-2H3;1-2H3. The van der Waals surface area contributed by atoms with Gasteiger partial charge >= 0.3 is 5.97 Å². The fourth-order valence-electron chi connectivity index (χ4n) is 1.76. The van der Waals surface area contributed by atoms with E-state index >= 15 is 0 Å². The monoisotopic (exact) mass is 392 g/mol. The summed E-state index contributed by atoms with van der Waals surface area (Å²) in [6, 6.07) is 9.08. The highest BCUT2D eigenvalue weighted by atomic mass is 16.5. The van der Waals surface area contributed by atoms with Crippen LogP contribution in [0, 0.1) is 0 Å². The lowest BCUT2D eigenvalue weighted by Crippen LogP contribution is -2.20. The maximum Gasteiger partial charge on any atom is 0.345 e. The fourth-order valence-corrected chi connectivity index (χ4v) is 1.76. The second kappa shape index (κ2) is 15.2. The van der Waals surface area contributed by atoms with Crippen molar-refractivity contribution in [1.29, 1.82) is 0 Å². The molecule has 2 aromatic rings. The van der Waals surface area contributed by atoms with Crippen molar-refractivity contribution in [1.82, 2.24) is 0 Å². The van der Waals surface area contributed by atoms with Gasteiger partial charge in [-0.3, -0.25) is 9.59 Å². The Bertz CT molecular complexity index is 749. The molecule has 0 radical (unpaired) electrons. The van der Waals surface area contributed by atoms with Gasteiger partial charge in [0.2, 0.25) is 16.9 Å². The van der Waals surface area contributed by atoms with Gasteiger partial charge < -0.3 is 18.6 Å². The van der Waals surface area contributed by atoms with Gasteiger partial charge in [-0.25, -0.2) is 4.79 Å². The molecule has 1 heterocycles. The SMILES string of the molecule is CC.CCOC.CCOC(=O)c1coc(C=O)c(OCc2ccccc2)c1=O. The summed E-state index contributed by atoms with van der Waals surface area (Å²) in [5, 5.41) is 0. The van der Waals surface area contributed by atoms with Crippen LogP contribution in [0.1, 0.15) is 54.2 Å². The first-order chi connectivity index (χ1) is 13.6. The van der Waals surface area contributed by atoms with Crippen LogP contribution in [0.4, 0.5) is 0 Å². The quantitative estimate of drug-likeness (QED) is 0.521. The molecule has 0 fully saturated rings. The summed E-state index contributed by atoms with van der Waals surface area (Å²) in [6.45, 7) is 8.58. The van der Waals surface area contributed by atoms with Crippen molar-refractivity contribution in [3.63, 3.8) is 0 Å². The third-order valence-electron chi connectivity index (χ3n) is 3.10. The highest BCUT2D eigenvalue weighted by Gasteiger charge is 2.20. The molecule has 2 rings (SSSR count). The van der Waals surface area contributed by atoms with Gasteiger partial charge in [0, 0.05) is 13.7 Å². The Morgan fingerprint density at radius 1 is 1.11 bits per heavy atom. The lowest BCUT2D eigenvalue weighted by Gasteiger charge is -2.08. The van der Waals surface area contributed by atoms with E-state index in [0.29, 0.717) is 6.29 Å². The predicted octanol–water partition coefficient (Wildman–Crippen LogP) is 3.89. The van der Waals surface area contributed by atoms with Gasteiger partial charge in [-0.1, -0.05) is 44.2 Å². The normalized spacial score (nSPS) is 9.18. The zero-order valence-corrected chi connectivity index (χ0v) is 17.0. The van der Waals surface area contributed by atoms with Crippen LogP contribution < -0.4 is 10.2 Å². The van der Waals surface area contributed by atoms with Crippen molar-refractivity contribution < 1.29 is 28.2 Å². The molecule has 1 aromatic heterocycles. The highest BCUT2D eigenvalue weighted by molar-refractivity contribution is 5.90. The summed E-state index contributed by atoms with van der Waals surface area (Å²) in [5.74, 6) is -1.39. The van der Waals surface area contributed by atoms with E-state index < -0.39 is 11.4 Å². The molecular weight excluding hydrogens is 364 g/mol. The van der Waals surface area contributed by atoms with Crippen LogP contribution in [0.3, 0.4) is 0 Å². The van der Waals surface area contributed by atoms with E-state index in [-0.39, 0.29) is 30.3 Å². The molecule has 0 unspecified atom stereocenters. The summed E-state index contributed by atoms with van der Waals surface area (Å²) < 4.78 is 19.6. The van der Waals surface area contributed by atoms with Gasteiger partial charge in [0.1, 0.15) is 18.4 Å². The van der Waals surface area contributed by atoms with Gasteiger partial charge in [0.15, 0.2) is 6.29 Å². The second-order valence-corrected chi connectivity index (χ2v) is 4.86. The molecule has 1 aromatic carbocycles. The molecule has 7 heteroatoms. The lowest BCUT2D eigenvalue weighted by molar-refractivity contribution is 0.0520. The first kappa shape index (κ1) is 25.1. The molecule has 0 saturated heterocycles. The van der Waals surface area contributed by atoms with Crippen LogP contribution >= 0.6 is 0 Å². The van der Waals surface area contributed by atoms with Crippen LogP contribution in [-0.2, 0) is 16.1 Å². The van der Waals surface area contributed by atoms with E-state index in [2.05, 4.69) is 4.74 Å². The molecular formula is C21H28O7. The van der Waals surface area contributed by atoms with Crippen LogP contribution in [0.25, 0.3) is 0 Å². The van der Waals surface area contributed by atoms with Crippen LogP contribution in [-0.4, -0.2) is 32.6 Å². The Labute approximate surface area is 165 Å². The van der Waals surface area contributed by atoms with Crippen LogP contribution in [0.15, 0.2) is 45.8 Å². The maximum absolute atomic E-state index is 12.2. The highest BCUT2D eigenvalue weighted by Crippen LogP contribution is 2.15. The number of esters is 1. The lowest BCUT2D eigenvalue weighted by atomic mass is 10.2. The summed E-state index contributed by atoms with van der Waals surface area (Å²) in [6.07, 6.45) is 1.26. The first-order valence-electron chi connectivity index (χ1n) is 9.02. The van der Waals surface area contributed by atoms with E-state index in [9.17, 15) is 14.4 Å². The number of rotatable bonds is 7. The summed E-state index contributed by atoms with van der Waals surface area (Å²) in [5.41, 5.74) is -0.237. The zero-order valence-electron chi connectivity index (χ0n) is 17.0. The zero-order chi connectivity index (χ0) is 21.4. The first-order valence-corrected chi connectivity index (χ1v) is 9.02. The Morgan fingerprint density at radius 3 is 2.21 bits per heavy atom. The molecule has 0 atom stereocenters. The van der Waals surface area contributed by atoms with E-state index in [0.717, 1.165) is 18.4 Å².